The summed E-state index contributed by atoms with van der Waals surface area (Å²) in [7, 11) is 0. The molecule has 100 valence electrons. The van der Waals surface area contributed by atoms with Crippen molar-refractivity contribution in [3.05, 3.63) is 23.5 Å². The first-order chi connectivity index (χ1) is 8.07. The fraction of sp³-hybridized carbons (Fsp3) is 0.545. The fourth-order valence-corrected chi connectivity index (χ4v) is 0.739. The van der Waals surface area contributed by atoms with Gasteiger partial charge in [0.05, 0.1) is 6.61 Å². The average Bonchev–Trinajstić information content (AvgIpc) is 2.37. The van der Waals surface area contributed by atoms with E-state index in [9.17, 15) is 17.6 Å². The van der Waals surface area contributed by atoms with E-state index < -0.39 is 29.3 Å². The van der Waals surface area contributed by atoms with Crippen molar-refractivity contribution in [2.24, 2.45) is 0 Å². The maximum Gasteiger partial charge on any atom is 0.255 e. The first-order valence-corrected chi connectivity index (χ1v) is 5.40. The second kappa shape index (κ2) is 9.86. The smallest absolute Gasteiger partial charge is 0.255 e. The molecule has 2 nitrogen and oxygen atoms in total. The first-order valence-electron chi connectivity index (χ1n) is 5.40. The van der Waals surface area contributed by atoms with Crippen LogP contribution in [0.3, 0.4) is 0 Å². The second-order valence-electron chi connectivity index (χ2n) is 2.08. The van der Waals surface area contributed by atoms with Crippen LogP contribution in [-0.2, 0) is 0 Å². The van der Waals surface area contributed by atoms with E-state index in [2.05, 4.69) is 9.72 Å². The highest BCUT2D eigenvalue weighted by Crippen LogP contribution is 2.24. The number of ether oxygens (including phenoxy) is 1. The van der Waals surface area contributed by atoms with Gasteiger partial charge in [0.25, 0.3) is 11.9 Å². The molecule has 0 spiro atoms. The summed E-state index contributed by atoms with van der Waals surface area (Å²) in [5, 5.41) is 0. The number of pyridine rings is 1. The van der Waals surface area contributed by atoms with Crippen LogP contribution in [0.4, 0.5) is 17.6 Å². The lowest BCUT2D eigenvalue weighted by atomic mass is 10.4. The molecule has 0 N–H and O–H groups in total. The van der Waals surface area contributed by atoms with E-state index in [1.165, 1.54) is 6.92 Å². The Labute approximate surface area is 98.6 Å². The van der Waals surface area contributed by atoms with Crippen molar-refractivity contribution in [1.82, 2.24) is 4.98 Å². The van der Waals surface area contributed by atoms with Crippen molar-refractivity contribution in [2.75, 3.05) is 6.61 Å². The maximum absolute atomic E-state index is 12.7. The van der Waals surface area contributed by atoms with Gasteiger partial charge in [-0.05, 0) is 6.92 Å². The number of rotatable bonds is 2. The molecule has 0 amide bonds. The topological polar surface area (TPSA) is 22.1 Å². The highest BCUT2D eigenvalue weighted by atomic mass is 19.2. The Balaban J connectivity index is 0. The van der Waals surface area contributed by atoms with Gasteiger partial charge in [-0.3, -0.25) is 0 Å². The summed E-state index contributed by atoms with van der Waals surface area (Å²) in [6, 6.07) is 0. The summed E-state index contributed by atoms with van der Waals surface area (Å²) in [6.07, 6.45) is 0. The van der Waals surface area contributed by atoms with Crippen LogP contribution in [0.25, 0.3) is 0 Å². The van der Waals surface area contributed by atoms with Gasteiger partial charge in [-0.25, -0.2) is 0 Å². The molecular formula is C11H17F4NO. The van der Waals surface area contributed by atoms with Gasteiger partial charge >= 0.3 is 0 Å². The summed E-state index contributed by atoms with van der Waals surface area (Å²) in [5.41, 5.74) is 0. The monoisotopic (exact) mass is 255 g/mol. The Bertz CT molecular complexity index is 305. The molecule has 0 aromatic carbocycles. The molecule has 0 saturated carbocycles. The van der Waals surface area contributed by atoms with E-state index in [1.807, 2.05) is 27.7 Å². The van der Waals surface area contributed by atoms with Gasteiger partial charge in [0.2, 0.25) is 11.6 Å². The predicted molar refractivity (Wildman–Crippen MR) is 57.9 cm³/mol. The Morgan fingerprint density at radius 2 is 1.24 bits per heavy atom. The van der Waals surface area contributed by atoms with Crippen LogP contribution in [-0.4, -0.2) is 11.6 Å². The highest BCUT2D eigenvalue weighted by molar-refractivity contribution is 5.24. The van der Waals surface area contributed by atoms with Gasteiger partial charge in [-0.1, -0.05) is 27.7 Å². The number of hydrogen-bond acceptors (Lipinski definition) is 2. The summed E-state index contributed by atoms with van der Waals surface area (Å²) in [4.78, 5) is 2.35. The summed E-state index contributed by atoms with van der Waals surface area (Å²) in [5.74, 6) is -7.77. The normalized spacial score (nSPS) is 8.53. The molecule has 1 aromatic heterocycles. The van der Waals surface area contributed by atoms with E-state index in [0.29, 0.717) is 0 Å². The number of halogens is 4. The highest BCUT2D eigenvalue weighted by Gasteiger charge is 2.21. The molecule has 1 rings (SSSR count). The predicted octanol–water partition coefficient (Wildman–Crippen LogP) is 4.09. The fourth-order valence-electron chi connectivity index (χ4n) is 0.739. The molecule has 0 aliphatic carbocycles. The van der Waals surface area contributed by atoms with Gasteiger partial charge in [-0.2, -0.15) is 22.5 Å². The molecule has 0 saturated heterocycles. The summed E-state index contributed by atoms with van der Waals surface area (Å²) in [6.45, 7) is 9.33. The lowest BCUT2D eigenvalue weighted by Crippen LogP contribution is -2.05. The molecule has 1 aromatic rings. The van der Waals surface area contributed by atoms with Gasteiger partial charge in [0.1, 0.15) is 0 Å². The average molecular weight is 255 g/mol. The van der Waals surface area contributed by atoms with Crippen LogP contribution in [0.2, 0.25) is 0 Å². The van der Waals surface area contributed by atoms with Gasteiger partial charge < -0.3 is 4.74 Å². The van der Waals surface area contributed by atoms with Crippen molar-refractivity contribution < 1.29 is 22.3 Å². The molecule has 17 heavy (non-hydrogen) atoms. The molecule has 0 unspecified atom stereocenters. The van der Waals surface area contributed by atoms with Gasteiger partial charge in [0, 0.05) is 0 Å². The lowest BCUT2D eigenvalue weighted by Gasteiger charge is -2.05. The second-order valence-corrected chi connectivity index (χ2v) is 2.08. The van der Waals surface area contributed by atoms with E-state index in [1.54, 1.807) is 0 Å². The van der Waals surface area contributed by atoms with Gasteiger partial charge in [-0.15, -0.1) is 0 Å². The van der Waals surface area contributed by atoms with E-state index in [4.69, 9.17) is 0 Å². The molecule has 1 heterocycles. The molecule has 0 aliphatic rings. The Morgan fingerprint density at radius 1 is 0.882 bits per heavy atom. The third-order valence-electron chi connectivity index (χ3n) is 1.25. The van der Waals surface area contributed by atoms with Crippen molar-refractivity contribution in [3.8, 4) is 5.75 Å². The third kappa shape index (κ3) is 5.01. The van der Waals surface area contributed by atoms with E-state index in [0.717, 1.165) is 0 Å². The zero-order chi connectivity index (χ0) is 14.0. The lowest BCUT2D eigenvalue weighted by molar-refractivity contribution is 0.278. The minimum atomic E-state index is -1.72. The molecule has 0 bridgehead atoms. The van der Waals surface area contributed by atoms with Crippen molar-refractivity contribution in [1.29, 1.82) is 0 Å². The SMILES string of the molecule is CC.CC.CCOc1c(F)c(F)nc(F)c1F. The van der Waals surface area contributed by atoms with Crippen molar-refractivity contribution in [3.63, 3.8) is 0 Å². The minimum Gasteiger partial charge on any atom is -0.488 e. The van der Waals surface area contributed by atoms with Crippen LogP contribution < -0.4 is 4.74 Å². The number of hydrogen-bond donors (Lipinski definition) is 0. The Morgan fingerprint density at radius 3 is 1.53 bits per heavy atom. The maximum atomic E-state index is 12.7. The van der Waals surface area contributed by atoms with Crippen LogP contribution in [0, 0.1) is 23.5 Å². The summed E-state index contributed by atoms with van der Waals surface area (Å²) >= 11 is 0. The molecular weight excluding hydrogens is 238 g/mol. The van der Waals surface area contributed by atoms with Crippen LogP contribution in [0.5, 0.6) is 5.75 Å². The zero-order valence-electron chi connectivity index (χ0n) is 10.6. The quantitative estimate of drug-likeness (QED) is 0.586. The molecule has 0 radical (unpaired) electrons. The standard InChI is InChI=1S/C7H5F4NO.2C2H6/c1-2-13-5-3(8)6(10)12-7(11)4(5)9;2*1-2/h2H2,1H3;2*1-2H3. The Kier molecular flexibility index (Phi) is 10.5. The third-order valence-corrected chi connectivity index (χ3v) is 1.25. The van der Waals surface area contributed by atoms with Crippen LogP contribution in [0.15, 0.2) is 0 Å². The zero-order valence-corrected chi connectivity index (χ0v) is 10.6. The molecule has 0 fully saturated rings. The number of nitrogens with zero attached hydrogens (tertiary/aromatic N) is 1. The van der Waals surface area contributed by atoms with E-state index in [-0.39, 0.29) is 6.61 Å². The minimum absolute atomic E-state index is 0.100. The van der Waals surface area contributed by atoms with Crippen molar-refractivity contribution >= 4 is 0 Å². The van der Waals surface area contributed by atoms with E-state index >= 15 is 0 Å². The van der Waals surface area contributed by atoms with Crippen LogP contribution in [0.1, 0.15) is 34.6 Å². The largest absolute Gasteiger partial charge is 0.488 e. The van der Waals surface area contributed by atoms with Gasteiger partial charge in [0.15, 0.2) is 5.75 Å². The van der Waals surface area contributed by atoms with Crippen molar-refractivity contribution in [2.45, 2.75) is 34.6 Å². The van der Waals surface area contributed by atoms with Crippen LogP contribution >= 0.6 is 0 Å². The molecule has 6 heteroatoms. The summed E-state index contributed by atoms with van der Waals surface area (Å²) < 4.78 is 54.4. The Hall–Kier alpha value is -1.33. The molecule has 0 aliphatic heterocycles. The first kappa shape index (κ1) is 18.0. The number of aromatic nitrogens is 1. The molecule has 0 atom stereocenters.